The van der Waals surface area contributed by atoms with Gasteiger partial charge in [-0.25, -0.2) is 4.98 Å². The Kier molecular flexibility index (Phi) is 4.11. The molecule has 3 heteroatoms. The van der Waals surface area contributed by atoms with Crippen molar-refractivity contribution in [1.29, 1.82) is 0 Å². The number of benzene rings is 1. The van der Waals surface area contributed by atoms with Gasteiger partial charge in [-0.3, -0.25) is 0 Å². The number of aromatic nitrogens is 1. The third kappa shape index (κ3) is 2.62. The zero-order valence-corrected chi connectivity index (χ0v) is 12.7. The van der Waals surface area contributed by atoms with Gasteiger partial charge in [-0.1, -0.05) is 37.6 Å². The van der Waals surface area contributed by atoms with Crippen LogP contribution in [0.3, 0.4) is 0 Å². The van der Waals surface area contributed by atoms with Gasteiger partial charge in [-0.2, -0.15) is 0 Å². The molecule has 106 valence electrons. The zero-order chi connectivity index (χ0) is 13.9. The van der Waals surface area contributed by atoms with Crippen molar-refractivity contribution in [1.82, 2.24) is 4.98 Å². The molecule has 0 amide bonds. The fourth-order valence-corrected chi connectivity index (χ4v) is 3.27. The fraction of sp³-hybridized carbons (Fsp3) is 0.471. The van der Waals surface area contributed by atoms with Gasteiger partial charge in [-0.05, 0) is 30.2 Å². The van der Waals surface area contributed by atoms with Crippen molar-refractivity contribution in [3.8, 4) is 0 Å². The molecule has 1 aromatic heterocycles. The van der Waals surface area contributed by atoms with Crippen LogP contribution in [0.1, 0.15) is 31.9 Å². The topological polar surface area (TPSA) is 16.1 Å². The molecular weight excluding hydrogens is 268 g/mol. The Hall–Kier alpha value is -1.28. The molecule has 1 unspecified atom stereocenters. The molecule has 0 radical (unpaired) electrons. The number of piperidine rings is 1. The van der Waals surface area contributed by atoms with Crippen molar-refractivity contribution in [2.45, 2.75) is 32.1 Å². The van der Waals surface area contributed by atoms with Gasteiger partial charge in [0.2, 0.25) is 0 Å². The molecule has 1 atom stereocenters. The average Bonchev–Trinajstić information content (AvgIpc) is 2.53. The third-order valence-corrected chi connectivity index (χ3v) is 4.58. The molecule has 1 aliphatic rings. The SMILES string of the molecule is CCC1CCCN(c2nc(CCl)cc3ccccc23)C1. The van der Waals surface area contributed by atoms with Crippen molar-refractivity contribution < 1.29 is 0 Å². The Morgan fingerprint density at radius 1 is 1.35 bits per heavy atom. The molecule has 1 fully saturated rings. The van der Waals surface area contributed by atoms with Crippen LogP contribution in [0.25, 0.3) is 10.8 Å². The van der Waals surface area contributed by atoms with Gasteiger partial charge in [0, 0.05) is 18.5 Å². The first-order valence-corrected chi connectivity index (χ1v) is 8.05. The minimum Gasteiger partial charge on any atom is -0.356 e. The molecule has 0 saturated carbocycles. The van der Waals surface area contributed by atoms with E-state index in [0.717, 1.165) is 30.5 Å². The molecule has 0 spiro atoms. The highest BCUT2D eigenvalue weighted by Crippen LogP contribution is 2.30. The van der Waals surface area contributed by atoms with E-state index in [2.05, 4.69) is 42.2 Å². The standard InChI is InChI=1S/C17H21ClN2/c1-2-13-6-5-9-20(12-13)17-16-8-4-3-7-14(16)10-15(11-18)19-17/h3-4,7-8,10,13H,2,5-6,9,11-12H2,1H3. The number of hydrogen-bond acceptors (Lipinski definition) is 2. The summed E-state index contributed by atoms with van der Waals surface area (Å²) in [4.78, 5) is 7.26. The first-order chi connectivity index (χ1) is 9.81. The van der Waals surface area contributed by atoms with E-state index in [1.807, 2.05) is 0 Å². The normalized spacial score (nSPS) is 19.5. The van der Waals surface area contributed by atoms with E-state index in [1.165, 1.54) is 30.0 Å². The van der Waals surface area contributed by atoms with Gasteiger partial charge in [0.25, 0.3) is 0 Å². The summed E-state index contributed by atoms with van der Waals surface area (Å²) < 4.78 is 0. The summed E-state index contributed by atoms with van der Waals surface area (Å²) in [5.74, 6) is 2.39. The van der Waals surface area contributed by atoms with Gasteiger partial charge < -0.3 is 4.90 Å². The lowest BCUT2D eigenvalue weighted by Gasteiger charge is -2.34. The summed E-state index contributed by atoms with van der Waals surface area (Å²) in [5.41, 5.74) is 0.971. The van der Waals surface area contributed by atoms with E-state index in [4.69, 9.17) is 16.6 Å². The van der Waals surface area contributed by atoms with Crippen LogP contribution >= 0.6 is 11.6 Å². The maximum atomic E-state index is 6.01. The first-order valence-electron chi connectivity index (χ1n) is 7.51. The third-order valence-electron chi connectivity index (χ3n) is 4.31. The van der Waals surface area contributed by atoms with E-state index in [0.29, 0.717) is 5.88 Å². The monoisotopic (exact) mass is 288 g/mol. The van der Waals surface area contributed by atoms with Crippen LogP contribution in [0.2, 0.25) is 0 Å². The molecule has 20 heavy (non-hydrogen) atoms. The van der Waals surface area contributed by atoms with E-state index < -0.39 is 0 Å². The van der Waals surface area contributed by atoms with Crippen LogP contribution in [0.5, 0.6) is 0 Å². The van der Waals surface area contributed by atoms with Crippen molar-refractivity contribution >= 4 is 28.2 Å². The van der Waals surface area contributed by atoms with Crippen molar-refractivity contribution in [3.05, 3.63) is 36.0 Å². The predicted molar refractivity (Wildman–Crippen MR) is 86.5 cm³/mol. The van der Waals surface area contributed by atoms with Crippen molar-refractivity contribution in [2.24, 2.45) is 5.92 Å². The fourth-order valence-electron chi connectivity index (χ4n) is 3.13. The van der Waals surface area contributed by atoms with Crippen LogP contribution in [0.4, 0.5) is 5.82 Å². The molecule has 0 bridgehead atoms. The Bertz CT molecular complexity index is 597. The van der Waals surface area contributed by atoms with E-state index >= 15 is 0 Å². The highest BCUT2D eigenvalue weighted by Gasteiger charge is 2.21. The lowest BCUT2D eigenvalue weighted by molar-refractivity contribution is 0.403. The number of fused-ring (bicyclic) bond motifs is 1. The van der Waals surface area contributed by atoms with Gasteiger partial charge in [0.15, 0.2) is 0 Å². The van der Waals surface area contributed by atoms with Crippen molar-refractivity contribution in [3.63, 3.8) is 0 Å². The summed E-state index contributed by atoms with van der Waals surface area (Å²) in [6, 6.07) is 10.6. The maximum absolute atomic E-state index is 6.01. The molecule has 2 heterocycles. The summed E-state index contributed by atoms with van der Waals surface area (Å²) in [6.45, 7) is 4.52. The van der Waals surface area contributed by atoms with Crippen LogP contribution in [0, 0.1) is 5.92 Å². The van der Waals surface area contributed by atoms with Crippen LogP contribution < -0.4 is 4.90 Å². The molecule has 2 nitrogen and oxygen atoms in total. The second-order valence-corrected chi connectivity index (χ2v) is 5.92. The van der Waals surface area contributed by atoms with Gasteiger partial charge in [0.1, 0.15) is 5.82 Å². The number of halogens is 1. The molecule has 0 aliphatic carbocycles. The molecular formula is C17H21ClN2. The van der Waals surface area contributed by atoms with Crippen LogP contribution in [0.15, 0.2) is 30.3 Å². The lowest BCUT2D eigenvalue weighted by Crippen LogP contribution is -2.36. The van der Waals surface area contributed by atoms with Gasteiger partial charge in [-0.15, -0.1) is 11.6 Å². The summed E-state index contributed by atoms with van der Waals surface area (Å²) >= 11 is 6.01. The van der Waals surface area contributed by atoms with Gasteiger partial charge >= 0.3 is 0 Å². The highest BCUT2D eigenvalue weighted by molar-refractivity contribution is 6.17. The summed E-state index contributed by atoms with van der Waals surface area (Å²) in [7, 11) is 0. The molecule has 1 aromatic carbocycles. The molecule has 0 N–H and O–H groups in total. The molecule has 2 aromatic rings. The summed E-state index contributed by atoms with van der Waals surface area (Å²) in [6.07, 6.45) is 3.86. The predicted octanol–water partition coefficient (Wildman–Crippen LogP) is 4.60. The number of nitrogens with zero attached hydrogens (tertiary/aromatic N) is 2. The zero-order valence-electron chi connectivity index (χ0n) is 12.0. The number of pyridine rings is 1. The highest BCUT2D eigenvalue weighted by atomic mass is 35.5. The van der Waals surface area contributed by atoms with Crippen LogP contribution in [-0.2, 0) is 5.88 Å². The van der Waals surface area contributed by atoms with Crippen LogP contribution in [-0.4, -0.2) is 18.1 Å². The summed E-state index contributed by atoms with van der Waals surface area (Å²) in [5, 5.41) is 2.49. The van der Waals surface area contributed by atoms with E-state index in [-0.39, 0.29) is 0 Å². The Balaban J connectivity index is 2.04. The van der Waals surface area contributed by atoms with E-state index in [9.17, 15) is 0 Å². The largest absolute Gasteiger partial charge is 0.356 e. The van der Waals surface area contributed by atoms with E-state index in [1.54, 1.807) is 0 Å². The van der Waals surface area contributed by atoms with Gasteiger partial charge in [0.05, 0.1) is 11.6 Å². The van der Waals surface area contributed by atoms with Crippen molar-refractivity contribution in [2.75, 3.05) is 18.0 Å². The quantitative estimate of drug-likeness (QED) is 0.767. The smallest absolute Gasteiger partial charge is 0.136 e. The lowest BCUT2D eigenvalue weighted by atomic mass is 9.95. The number of anilines is 1. The molecule has 1 aliphatic heterocycles. The molecule has 3 rings (SSSR count). The maximum Gasteiger partial charge on any atom is 0.136 e. The first kappa shape index (κ1) is 13.7. The number of rotatable bonds is 3. The second kappa shape index (κ2) is 6.01. The minimum absolute atomic E-state index is 0.475. The second-order valence-electron chi connectivity index (χ2n) is 5.65. The Morgan fingerprint density at radius 2 is 2.20 bits per heavy atom. The minimum atomic E-state index is 0.475. The molecule has 1 saturated heterocycles. The number of alkyl halides is 1. The Morgan fingerprint density at radius 3 is 3.00 bits per heavy atom. The number of hydrogen-bond donors (Lipinski definition) is 0. The Labute approximate surface area is 125 Å². The average molecular weight is 289 g/mol.